The van der Waals surface area contributed by atoms with Crippen LogP contribution in [-0.4, -0.2) is 23.2 Å². The fourth-order valence-corrected chi connectivity index (χ4v) is 2.51. The van der Waals surface area contributed by atoms with E-state index in [2.05, 4.69) is 4.98 Å². The fraction of sp³-hybridized carbons (Fsp3) is 0.111. The van der Waals surface area contributed by atoms with E-state index in [4.69, 9.17) is 9.84 Å². The quantitative estimate of drug-likeness (QED) is 0.751. The Morgan fingerprint density at radius 1 is 1.08 bits per heavy atom. The van der Waals surface area contributed by atoms with Gasteiger partial charge in [-0.1, -0.05) is 18.2 Å². The van der Waals surface area contributed by atoms with Crippen LogP contribution in [0.2, 0.25) is 0 Å². The molecule has 1 aromatic heterocycles. The van der Waals surface area contributed by atoms with Crippen LogP contribution < -0.4 is 4.74 Å². The van der Waals surface area contributed by atoms with Gasteiger partial charge < -0.3 is 9.84 Å². The Morgan fingerprint density at radius 3 is 2.32 bits per heavy atom. The largest absolute Gasteiger partial charge is 0.481 e. The van der Waals surface area contributed by atoms with Gasteiger partial charge in [0.15, 0.2) is 0 Å². The Bertz CT molecular complexity index is 950. The van der Waals surface area contributed by atoms with Crippen LogP contribution in [-0.2, 0) is 6.18 Å². The number of methoxy groups -OCH3 is 1. The van der Waals surface area contributed by atoms with Crippen LogP contribution in [0.15, 0.2) is 48.5 Å². The lowest BCUT2D eigenvalue weighted by molar-refractivity contribution is -0.137. The number of ether oxygens (including phenoxy) is 1. The zero-order valence-corrected chi connectivity index (χ0v) is 13.0. The minimum atomic E-state index is -4.42. The van der Waals surface area contributed by atoms with E-state index in [1.54, 1.807) is 12.1 Å². The third-order valence-corrected chi connectivity index (χ3v) is 3.75. The van der Waals surface area contributed by atoms with E-state index in [-0.39, 0.29) is 11.4 Å². The smallest absolute Gasteiger partial charge is 0.416 e. The molecule has 0 fully saturated rings. The average molecular weight is 347 g/mol. The van der Waals surface area contributed by atoms with Crippen LogP contribution in [0.5, 0.6) is 5.88 Å². The normalized spacial score (nSPS) is 11.5. The number of nitrogens with zero attached hydrogens (tertiary/aromatic N) is 1. The molecule has 4 nitrogen and oxygen atoms in total. The number of aromatic carboxylic acids is 1. The fourth-order valence-electron chi connectivity index (χ4n) is 2.51. The molecule has 0 aliphatic carbocycles. The number of carbonyl (C=O) groups is 1. The summed E-state index contributed by atoms with van der Waals surface area (Å²) < 4.78 is 43.3. The molecule has 0 bridgehead atoms. The minimum Gasteiger partial charge on any atom is -0.481 e. The molecule has 2 aromatic carbocycles. The van der Waals surface area contributed by atoms with E-state index in [1.807, 2.05) is 0 Å². The molecule has 0 aliphatic rings. The minimum absolute atomic E-state index is 0.0964. The Kier molecular flexibility index (Phi) is 4.08. The summed E-state index contributed by atoms with van der Waals surface area (Å²) >= 11 is 0. The van der Waals surface area contributed by atoms with Gasteiger partial charge in [0.25, 0.3) is 0 Å². The maximum Gasteiger partial charge on any atom is 0.416 e. The number of rotatable bonds is 3. The maximum atomic E-state index is 12.7. The van der Waals surface area contributed by atoms with Crippen molar-refractivity contribution in [2.24, 2.45) is 0 Å². The van der Waals surface area contributed by atoms with E-state index in [0.717, 1.165) is 12.1 Å². The molecule has 1 N–H and O–H groups in total. The molecule has 0 aliphatic heterocycles. The highest BCUT2D eigenvalue weighted by atomic mass is 19.4. The molecule has 0 saturated heterocycles. The first kappa shape index (κ1) is 16.8. The summed E-state index contributed by atoms with van der Waals surface area (Å²) in [5, 5.41) is 10.3. The Balaban J connectivity index is 2.19. The van der Waals surface area contributed by atoms with Crippen molar-refractivity contribution < 1.29 is 27.8 Å². The van der Waals surface area contributed by atoms with E-state index < -0.39 is 17.7 Å². The molecule has 128 valence electrons. The Hall–Kier alpha value is -3.09. The molecule has 3 rings (SSSR count). The predicted octanol–water partition coefficient (Wildman–Crippen LogP) is 4.63. The molecular formula is C18H12F3NO3. The predicted molar refractivity (Wildman–Crippen MR) is 85.7 cm³/mol. The van der Waals surface area contributed by atoms with Crippen molar-refractivity contribution in [3.63, 3.8) is 0 Å². The van der Waals surface area contributed by atoms with Crippen molar-refractivity contribution in [1.82, 2.24) is 4.98 Å². The number of benzene rings is 2. The summed E-state index contributed by atoms with van der Waals surface area (Å²) in [7, 11) is 1.41. The van der Waals surface area contributed by atoms with Crippen LogP contribution in [0.25, 0.3) is 22.0 Å². The van der Waals surface area contributed by atoms with Crippen LogP contribution in [0.4, 0.5) is 13.2 Å². The third-order valence-electron chi connectivity index (χ3n) is 3.75. The van der Waals surface area contributed by atoms with Gasteiger partial charge in [-0.25, -0.2) is 9.78 Å². The number of carboxylic acid groups (broad SMARTS) is 1. The number of pyridine rings is 1. The van der Waals surface area contributed by atoms with Crippen LogP contribution in [0.3, 0.4) is 0 Å². The molecule has 3 aromatic rings. The van der Waals surface area contributed by atoms with Gasteiger partial charge in [0.05, 0.1) is 23.9 Å². The molecule has 0 radical (unpaired) electrons. The maximum absolute atomic E-state index is 12.7. The number of halogens is 3. The number of hydrogen-bond acceptors (Lipinski definition) is 3. The molecule has 1 heterocycles. The van der Waals surface area contributed by atoms with Gasteiger partial charge in [-0.3, -0.25) is 0 Å². The Morgan fingerprint density at radius 2 is 1.76 bits per heavy atom. The average Bonchev–Trinajstić information content (AvgIpc) is 2.59. The molecule has 25 heavy (non-hydrogen) atoms. The number of fused-ring (bicyclic) bond motifs is 1. The van der Waals surface area contributed by atoms with Gasteiger partial charge >= 0.3 is 12.1 Å². The summed E-state index contributed by atoms with van der Waals surface area (Å²) in [6.07, 6.45) is -4.42. The number of alkyl halides is 3. The summed E-state index contributed by atoms with van der Waals surface area (Å²) in [5.41, 5.74) is 0.232. The van der Waals surface area contributed by atoms with Crippen molar-refractivity contribution in [2.45, 2.75) is 6.18 Å². The first-order valence-corrected chi connectivity index (χ1v) is 7.19. The first-order chi connectivity index (χ1) is 11.8. The van der Waals surface area contributed by atoms with Crippen LogP contribution in [0.1, 0.15) is 15.9 Å². The molecular weight excluding hydrogens is 335 g/mol. The zero-order chi connectivity index (χ0) is 18.2. The molecule has 0 saturated carbocycles. The molecule has 0 spiro atoms. The summed E-state index contributed by atoms with van der Waals surface area (Å²) in [6, 6.07) is 10.7. The van der Waals surface area contributed by atoms with E-state index in [0.29, 0.717) is 22.0 Å². The van der Waals surface area contributed by atoms with Gasteiger partial charge in [0.2, 0.25) is 5.88 Å². The van der Waals surface area contributed by atoms with Crippen molar-refractivity contribution in [3.8, 4) is 17.1 Å². The van der Waals surface area contributed by atoms with Crippen molar-refractivity contribution in [3.05, 3.63) is 59.7 Å². The lowest BCUT2D eigenvalue weighted by Gasteiger charge is -2.11. The van der Waals surface area contributed by atoms with Gasteiger partial charge in [-0.15, -0.1) is 0 Å². The molecule has 0 amide bonds. The van der Waals surface area contributed by atoms with E-state index in [9.17, 15) is 18.0 Å². The molecule has 7 heteroatoms. The SMILES string of the molecule is COc1cc2cc(C(=O)O)ccc2c(-c2ccc(C(F)(F)F)cc2)n1. The summed E-state index contributed by atoms with van der Waals surface area (Å²) in [4.78, 5) is 15.4. The van der Waals surface area contributed by atoms with Crippen LogP contribution in [0, 0.1) is 0 Å². The second kappa shape index (κ2) is 6.08. The van der Waals surface area contributed by atoms with Gasteiger partial charge in [0, 0.05) is 17.0 Å². The highest BCUT2D eigenvalue weighted by Gasteiger charge is 2.30. The number of aromatic nitrogens is 1. The number of hydrogen-bond donors (Lipinski definition) is 1. The number of carboxylic acids is 1. The topological polar surface area (TPSA) is 59.4 Å². The Labute approximate surface area is 140 Å². The molecule has 0 unspecified atom stereocenters. The second-order valence-corrected chi connectivity index (χ2v) is 5.33. The van der Waals surface area contributed by atoms with Crippen molar-refractivity contribution in [2.75, 3.05) is 7.11 Å². The first-order valence-electron chi connectivity index (χ1n) is 7.19. The highest BCUT2D eigenvalue weighted by Crippen LogP contribution is 2.34. The van der Waals surface area contributed by atoms with E-state index >= 15 is 0 Å². The second-order valence-electron chi connectivity index (χ2n) is 5.33. The van der Waals surface area contributed by atoms with Crippen molar-refractivity contribution in [1.29, 1.82) is 0 Å². The molecule has 0 atom stereocenters. The van der Waals surface area contributed by atoms with Crippen LogP contribution >= 0.6 is 0 Å². The summed E-state index contributed by atoms with van der Waals surface area (Å²) in [6.45, 7) is 0. The van der Waals surface area contributed by atoms with Gasteiger partial charge in [0.1, 0.15) is 0 Å². The lowest BCUT2D eigenvalue weighted by Crippen LogP contribution is -2.04. The third kappa shape index (κ3) is 3.26. The van der Waals surface area contributed by atoms with Gasteiger partial charge in [-0.05, 0) is 29.7 Å². The standard InChI is InChI=1S/C18H12F3NO3/c1-25-15-9-12-8-11(17(23)24)4-7-14(12)16(22-15)10-2-5-13(6-3-10)18(19,20)21/h2-9H,1H3,(H,23,24). The van der Waals surface area contributed by atoms with E-state index in [1.165, 1.54) is 31.4 Å². The van der Waals surface area contributed by atoms with Gasteiger partial charge in [-0.2, -0.15) is 13.2 Å². The van der Waals surface area contributed by atoms with Crippen molar-refractivity contribution >= 4 is 16.7 Å². The zero-order valence-electron chi connectivity index (χ0n) is 13.0. The summed E-state index contributed by atoms with van der Waals surface area (Å²) in [5.74, 6) is -0.835. The lowest BCUT2D eigenvalue weighted by atomic mass is 10.0. The monoisotopic (exact) mass is 347 g/mol. The highest BCUT2D eigenvalue weighted by molar-refractivity contribution is 6.00.